The van der Waals surface area contributed by atoms with Crippen LogP contribution in [0.1, 0.15) is 50.4 Å². The number of carbonyl (C=O) groups excluding carboxylic acids is 2. The topological polar surface area (TPSA) is 86.2 Å². The summed E-state index contributed by atoms with van der Waals surface area (Å²) in [6.07, 6.45) is 9.29. The van der Waals surface area contributed by atoms with Crippen LogP contribution in [-0.4, -0.2) is 11.7 Å². The van der Waals surface area contributed by atoms with Gasteiger partial charge in [0, 0.05) is 0 Å². The monoisotopic (exact) mass is 400 g/mol. The van der Waals surface area contributed by atoms with Crippen LogP contribution in [0.4, 0.5) is 5.00 Å². The van der Waals surface area contributed by atoms with Crippen molar-refractivity contribution in [2.24, 2.45) is 5.73 Å². The Hall–Kier alpha value is -2.06. The van der Waals surface area contributed by atoms with Gasteiger partial charge in [0.25, 0.3) is 5.91 Å². The second-order valence-electron chi connectivity index (χ2n) is 5.97. The minimum absolute atomic E-state index is 0. The average Bonchev–Trinajstić information content (AvgIpc) is 2.92. The van der Waals surface area contributed by atoms with E-state index in [-0.39, 0.29) is 22.9 Å². The van der Waals surface area contributed by atoms with Crippen LogP contribution in [0.2, 0.25) is 0 Å². The fourth-order valence-electron chi connectivity index (χ4n) is 3.54. The van der Waals surface area contributed by atoms with Gasteiger partial charge in [0.2, 0.25) is 0 Å². The van der Waals surface area contributed by atoms with Crippen LogP contribution in [-0.2, 0) is 28.9 Å². The summed E-state index contributed by atoms with van der Waals surface area (Å²) in [5.41, 5.74) is 12.6. The van der Waals surface area contributed by atoms with Crippen LogP contribution in [0.25, 0.3) is 0 Å². The number of ketones is 1. The number of fused-ring (bicyclic) bond motifs is 1. The van der Waals surface area contributed by atoms with Crippen molar-refractivity contribution >= 4 is 28.0 Å². The van der Waals surface area contributed by atoms with E-state index in [0.717, 1.165) is 16.9 Å². The van der Waals surface area contributed by atoms with Crippen LogP contribution >= 0.6 is 11.3 Å². The van der Waals surface area contributed by atoms with Crippen LogP contribution in [0.5, 0.6) is 0 Å². The van der Waals surface area contributed by atoms with Crippen LogP contribution in [0.3, 0.4) is 0 Å². The van der Waals surface area contributed by atoms with Crippen molar-refractivity contribution in [3.05, 3.63) is 58.3 Å². The standard InChI is InChI=1S/C19H17N2O2S.Cu/c1-2-3-10-19(12-7-5-4-6-8-12)11-9-13-14(17(20)23)18(21)24-15(13)16(19)22;/h4-8H,3,9-11,21H2,(H2,20,23);/q-1;+1. The first-order chi connectivity index (χ1) is 11.5. The molecule has 1 unspecified atom stereocenters. The first-order valence-corrected chi connectivity index (χ1v) is 8.54. The van der Waals surface area contributed by atoms with Gasteiger partial charge in [0.05, 0.1) is 20.9 Å². The average molecular weight is 401 g/mol. The second kappa shape index (κ2) is 7.45. The van der Waals surface area contributed by atoms with Gasteiger partial charge in [0.1, 0.15) is 0 Å². The molecule has 0 spiro atoms. The molecule has 3 rings (SSSR count). The molecule has 0 fully saturated rings. The zero-order valence-electron chi connectivity index (χ0n) is 13.4. The summed E-state index contributed by atoms with van der Waals surface area (Å²) in [4.78, 5) is 25.5. The van der Waals surface area contributed by atoms with Gasteiger partial charge >= 0.3 is 17.1 Å². The molecule has 0 saturated heterocycles. The molecule has 6 heteroatoms. The predicted octanol–water partition coefficient (Wildman–Crippen LogP) is 2.86. The molecule has 0 radical (unpaired) electrons. The number of carbonyl (C=O) groups is 2. The van der Waals surface area contributed by atoms with E-state index in [2.05, 4.69) is 5.92 Å². The molecule has 0 saturated carbocycles. The molecule has 1 aromatic carbocycles. The maximum Gasteiger partial charge on any atom is 1.00 e. The summed E-state index contributed by atoms with van der Waals surface area (Å²) in [5.74, 6) is 1.77. The van der Waals surface area contributed by atoms with E-state index in [4.69, 9.17) is 17.9 Å². The van der Waals surface area contributed by atoms with Gasteiger partial charge in [-0.25, -0.2) is 0 Å². The molecule has 1 heterocycles. The molecular formula is C19H17CuN2O2S. The number of nitrogen functional groups attached to an aromatic ring is 1. The molecule has 4 nitrogen and oxygen atoms in total. The smallest absolute Gasteiger partial charge is 0.694 e. The largest absolute Gasteiger partial charge is 1.00 e. The summed E-state index contributed by atoms with van der Waals surface area (Å²) in [6.45, 7) is 0. The van der Waals surface area contributed by atoms with E-state index in [9.17, 15) is 9.59 Å². The van der Waals surface area contributed by atoms with E-state index in [0.29, 0.717) is 46.7 Å². The Morgan fingerprint density at radius 1 is 1.32 bits per heavy atom. The van der Waals surface area contributed by atoms with E-state index >= 15 is 0 Å². The third-order valence-corrected chi connectivity index (χ3v) is 5.79. The minimum atomic E-state index is -0.700. The van der Waals surface area contributed by atoms with Crippen molar-refractivity contribution in [3.8, 4) is 5.92 Å². The van der Waals surface area contributed by atoms with Crippen molar-refractivity contribution in [1.29, 1.82) is 0 Å². The van der Waals surface area contributed by atoms with Crippen molar-refractivity contribution in [3.63, 3.8) is 0 Å². The van der Waals surface area contributed by atoms with Gasteiger partial charge in [-0.1, -0.05) is 30.3 Å². The van der Waals surface area contributed by atoms with Gasteiger partial charge in [-0.2, -0.15) is 0 Å². The summed E-state index contributed by atoms with van der Waals surface area (Å²) in [6, 6.07) is 9.61. The Morgan fingerprint density at radius 3 is 2.60 bits per heavy atom. The maximum atomic E-state index is 13.3. The molecule has 1 amide bonds. The predicted molar refractivity (Wildman–Crippen MR) is 94.4 cm³/mol. The number of hydrogen-bond donors (Lipinski definition) is 2. The number of amides is 1. The molecule has 0 aliphatic heterocycles. The van der Waals surface area contributed by atoms with Crippen molar-refractivity contribution < 1.29 is 26.7 Å². The number of thiophene rings is 1. The molecule has 2 aromatic rings. The third-order valence-electron chi connectivity index (χ3n) is 4.73. The Kier molecular flexibility index (Phi) is 5.74. The molecule has 4 N–H and O–H groups in total. The molecule has 1 aromatic heterocycles. The zero-order chi connectivity index (χ0) is 17.3. The van der Waals surface area contributed by atoms with Gasteiger partial charge in [0.15, 0.2) is 5.78 Å². The Balaban J connectivity index is 0.00000225. The first kappa shape index (κ1) is 19.3. The number of benzene rings is 1. The molecular weight excluding hydrogens is 384 g/mol. The van der Waals surface area contributed by atoms with Gasteiger partial charge in [-0.15, -0.1) is 11.3 Å². The molecule has 1 atom stereocenters. The van der Waals surface area contributed by atoms with Crippen LogP contribution < -0.4 is 11.5 Å². The normalized spacial score (nSPS) is 18.8. The van der Waals surface area contributed by atoms with E-state index in [1.54, 1.807) is 0 Å². The Morgan fingerprint density at radius 2 is 2.00 bits per heavy atom. The fraction of sp³-hybridized carbons (Fsp3) is 0.263. The number of anilines is 1. The van der Waals surface area contributed by atoms with Crippen molar-refractivity contribution in [2.45, 2.75) is 31.1 Å². The van der Waals surface area contributed by atoms with Gasteiger partial charge in [-0.3, -0.25) is 9.59 Å². The molecule has 25 heavy (non-hydrogen) atoms. The number of rotatable bonds is 4. The van der Waals surface area contributed by atoms with Gasteiger partial charge < -0.3 is 23.8 Å². The Bertz CT molecular complexity index is 854. The zero-order valence-corrected chi connectivity index (χ0v) is 15.2. The number of hydrogen-bond acceptors (Lipinski definition) is 4. The fourth-order valence-corrected chi connectivity index (χ4v) is 4.70. The van der Waals surface area contributed by atoms with Crippen molar-refractivity contribution in [2.75, 3.05) is 5.73 Å². The number of nitrogens with two attached hydrogens (primary N) is 2. The molecule has 1 aliphatic carbocycles. The molecule has 1 aliphatic rings. The van der Waals surface area contributed by atoms with Crippen LogP contribution in [0.15, 0.2) is 30.3 Å². The summed E-state index contributed by atoms with van der Waals surface area (Å²) in [7, 11) is 0. The molecule has 0 bridgehead atoms. The summed E-state index contributed by atoms with van der Waals surface area (Å²) in [5, 5.41) is 0.309. The quantitative estimate of drug-likeness (QED) is 0.470. The first-order valence-electron chi connectivity index (χ1n) is 7.72. The maximum absolute atomic E-state index is 13.3. The van der Waals surface area contributed by atoms with Gasteiger partial charge in [-0.05, 0) is 36.8 Å². The number of primary amides is 1. The van der Waals surface area contributed by atoms with E-state index in [1.165, 1.54) is 0 Å². The molecule has 132 valence electrons. The van der Waals surface area contributed by atoms with E-state index in [1.807, 2.05) is 30.3 Å². The third kappa shape index (κ3) is 3.11. The Labute approximate surface area is 161 Å². The number of Topliss-reactive ketones (excluding diaryl/α,β-unsaturated/α-hetero) is 1. The van der Waals surface area contributed by atoms with Crippen molar-refractivity contribution in [1.82, 2.24) is 0 Å². The summed E-state index contributed by atoms with van der Waals surface area (Å²) >= 11 is 1.14. The second-order valence-corrected chi connectivity index (χ2v) is 7.02. The van der Waals surface area contributed by atoms with Crippen LogP contribution in [0, 0.1) is 12.3 Å². The minimum Gasteiger partial charge on any atom is -0.694 e. The SMILES string of the molecule is [C-]#CCCC1(c2ccccc2)CCc2c(sc(N)c2C(N)=O)C1=O.[Cu+]. The summed E-state index contributed by atoms with van der Waals surface area (Å²) < 4.78 is 0. The van der Waals surface area contributed by atoms with E-state index < -0.39 is 11.3 Å².